The van der Waals surface area contributed by atoms with Gasteiger partial charge in [0.15, 0.2) is 0 Å². The molecule has 0 amide bonds. The number of rotatable bonds is 12. The molecule has 7 nitrogen and oxygen atoms in total. The standard InChI is InChI=1S/C33H38F3N3O4S/c1-24(23-43-27-11-9-26(41-2)10-12-27)32(40)42-21-20-38-18-16-37(17-19-38)14-5-15-39-28-6-3-4-7-30(28)44-31-13-8-25(22-29(31)39)33(34,35)36/h3-4,6-13,22,24H,5,14-21,23H2,1-2H3. The van der Waals surface area contributed by atoms with E-state index in [-0.39, 0.29) is 18.5 Å². The van der Waals surface area contributed by atoms with E-state index >= 15 is 0 Å². The lowest BCUT2D eigenvalue weighted by Crippen LogP contribution is -2.47. The molecule has 0 radical (unpaired) electrons. The molecule has 0 aromatic heterocycles. The molecule has 5 rings (SSSR count). The molecule has 2 aliphatic rings. The second kappa shape index (κ2) is 14.6. The lowest BCUT2D eigenvalue weighted by atomic mass is 10.1. The summed E-state index contributed by atoms with van der Waals surface area (Å²) in [4.78, 5) is 21.0. The van der Waals surface area contributed by atoms with E-state index in [1.54, 1.807) is 44.4 Å². The van der Waals surface area contributed by atoms with Crippen LogP contribution in [-0.4, -0.2) is 81.9 Å². The summed E-state index contributed by atoms with van der Waals surface area (Å²) in [5.41, 5.74) is 0.939. The number of carbonyl (C=O) groups excluding carboxylic acids is 1. The first-order valence-corrected chi connectivity index (χ1v) is 15.7. The van der Waals surface area contributed by atoms with E-state index in [1.807, 2.05) is 29.2 Å². The summed E-state index contributed by atoms with van der Waals surface area (Å²) in [5, 5.41) is 0. The van der Waals surface area contributed by atoms with Crippen molar-refractivity contribution >= 4 is 29.1 Å². The van der Waals surface area contributed by atoms with E-state index in [2.05, 4.69) is 9.80 Å². The number of nitrogens with zero attached hydrogens (tertiary/aromatic N) is 3. The fraction of sp³-hybridized carbons (Fsp3) is 0.424. The maximum atomic E-state index is 13.5. The number of hydrogen-bond acceptors (Lipinski definition) is 8. The van der Waals surface area contributed by atoms with E-state index in [0.717, 1.165) is 66.4 Å². The third kappa shape index (κ3) is 8.19. The first kappa shape index (κ1) is 32.0. The normalized spacial score (nSPS) is 16.2. The molecule has 2 heterocycles. The summed E-state index contributed by atoms with van der Waals surface area (Å²) in [6.07, 6.45) is -3.56. The van der Waals surface area contributed by atoms with Crippen molar-refractivity contribution in [2.45, 2.75) is 29.3 Å². The topological polar surface area (TPSA) is 54.5 Å². The first-order chi connectivity index (χ1) is 21.2. The molecule has 1 fully saturated rings. The van der Waals surface area contributed by atoms with Crippen LogP contribution >= 0.6 is 11.8 Å². The molecule has 1 unspecified atom stereocenters. The van der Waals surface area contributed by atoms with Crippen molar-refractivity contribution in [1.29, 1.82) is 0 Å². The Morgan fingerprint density at radius 2 is 1.52 bits per heavy atom. The van der Waals surface area contributed by atoms with Crippen LogP contribution < -0.4 is 14.4 Å². The number of alkyl halides is 3. The van der Waals surface area contributed by atoms with Crippen LogP contribution in [0.15, 0.2) is 76.5 Å². The quantitative estimate of drug-likeness (QED) is 0.208. The predicted octanol–water partition coefficient (Wildman–Crippen LogP) is 6.58. The Labute approximate surface area is 260 Å². The molecule has 0 aliphatic carbocycles. The molecular formula is C33H38F3N3O4S. The number of ether oxygens (including phenoxy) is 3. The SMILES string of the molecule is COc1ccc(OCC(C)C(=O)OCCN2CCN(CCCN3c4ccccc4Sc4ccc(C(F)(F)F)cc43)CC2)cc1. The summed E-state index contributed by atoms with van der Waals surface area (Å²) >= 11 is 1.51. The minimum Gasteiger partial charge on any atom is -0.497 e. The molecule has 11 heteroatoms. The summed E-state index contributed by atoms with van der Waals surface area (Å²) in [7, 11) is 1.60. The van der Waals surface area contributed by atoms with Gasteiger partial charge in [-0.05, 0) is 74.5 Å². The Balaban J connectivity index is 1.03. The van der Waals surface area contributed by atoms with E-state index in [0.29, 0.717) is 31.1 Å². The minimum absolute atomic E-state index is 0.237. The molecule has 0 bridgehead atoms. The Morgan fingerprint density at radius 3 is 2.23 bits per heavy atom. The number of methoxy groups -OCH3 is 1. The largest absolute Gasteiger partial charge is 0.497 e. The molecular weight excluding hydrogens is 591 g/mol. The molecule has 1 atom stereocenters. The molecule has 0 saturated carbocycles. The third-order valence-corrected chi connectivity index (χ3v) is 9.02. The number of hydrogen-bond donors (Lipinski definition) is 0. The highest BCUT2D eigenvalue weighted by molar-refractivity contribution is 7.99. The highest BCUT2D eigenvalue weighted by atomic mass is 32.2. The second-order valence-electron chi connectivity index (χ2n) is 11.0. The summed E-state index contributed by atoms with van der Waals surface area (Å²) in [6.45, 7) is 8.03. The van der Waals surface area contributed by atoms with Crippen LogP contribution in [-0.2, 0) is 15.7 Å². The zero-order chi connectivity index (χ0) is 31.1. The predicted molar refractivity (Wildman–Crippen MR) is 165 cm³/mol. The smallest absolute Gasteiger partial charge is 0.416 e. The van der Waals surface area contributed by atoms with Gasteiger partial charge in [-0.3, -0.25) is 9.69 Å². The summed E-state index contributed by atoms with van der Waals surface area (Å²) < 4.78 is 56.8. The highest BCUT2D eigenvalue weighted by Crippen LogP contribution is 2.49. The number of anilines is 2. The number of piperazine rings is 1. The van der Waals surface area contributed by atoms with Gasteiger partial charge in [-0.15, -0.1) is 0 Å². The molecule has 3 aromatic rings. The number of esters is 1. The maximum absolute atomic E-state index is 13.5. The molecule has 236 valence electrons. The average molecular weight is 630 g/mol. The van der Waals surface area contributed by atoms with E-state index in [1.165, 1.54) is 17.8 Å². The zero-order valence-electron chi connectivity index (χ0n) is 25.0. The molecule has 1 saturated heterocycles. The van der Waals surface area contributed by atoms with Crippen LogP contribution in [0.5, 0.6) is 11.5 Å². The van der Waals surface area contributed by atoms with E-state index in [4.69, 9.17) is 14.2 Å². The lowest BCUT2D eigenvalue weighted by Gasteiger charge is -2.36. The molecule has 0 N–H and O–H groups in total. The molecule has 44 heavy (non-hydrogen) atoms. The van der Waals surface area contributed by atoms with Gasteiger partial charge in [0, 0.05) is 49.1 Å². The third-order valence-electron chi connectivity index (χ3n) is 7.89. The van der Waals surface area contributed by atoms with Gasteiger partial charge < -0.3 is 24.0 Å². The van der Waals surface area contributed by atoms with Crippen LogP contribution in [0.3, 0.4) is 0 Å². The summed E-state index contributed by atoms with van der Waals surface area (Å²) in [5.74, 6) is 0.749. The van der Waals surface area contributed by atoms with Crippen LogP contribution in [0.4, 0.5) is 24.5 Å². The van der Waals surface area contributed by atoms with Gasteiger partial charge in [0.05, 0.1) is 30.0 Å². The van der Waals surface area contributed by atoms with Gasteiger partial charge >= 0.3 is 12.1 Å². The Kier molecular flexibility index (Phi) is 10.6. The number of benzene rings is 3. The average Bonchev–Trinajstić information content (AvgIpc) is 3.03. The Bertz CT molecular complexity index is 1400. The zero-order valence-corrected chi connectivity index (χ0v) is 25.8. The van der Waals surface area contributed by atoms with Gasteiger partial charge in [0.25, 0.3) is 0 Å². The molecule has 3 aromatic carbocycles. The van der Waals surface area contributed by atoms with Crippen molar-refractivity contribution in [2.75, 3.05) is 71.0 Å². The summed E-state index contributed by atoms with van der Waals surface area (Å²) in [6, 6.07) is 19.1. The highest BCUT2D eigenvalue weighted by Gasteiger charge is 2.33. The molecule has 0 spiro atoms. The van der Waals surface area contributed by atoms with Crippen molar-refractivity contribution < 1.29 is 32.2 Å². The van der Waals surface area contributed by atoms with Crippen molar-refractivity contribution in [3.8, 4) is 11.5 Å². The van der Waals surface area contributed by atoms with Crippen LogP contribution in [0.25, 0.3) is 0 Å². The number of para-hydroxylation sites is 1. The number of halogens is 3. The van der Waals surface area contributed by atoms with Gasteiger partial charge in [-0.25, -0.2) is 0 Å². The van der Waals surface area contributed by atoms with Crippen molar-refractivity contribution in [2.24, 2.45) is 5.92 Å². The monoisotopic (exact) mass is 629 g/mol. The second-order valence-corrected chi connectivity index (χ2v) is 12.1. The van der Waals surface area contributed by atoms with Gasteiger partial charge in [-0.1, -0.05) is 23.9 Å². The van der Waals surface area contributed by atoms with E-state index in [9.17, 15) is 18.0 Å². The van der Waals surface area contributed by atoms with Crippen LogP contribution in [0.1, 0.15) is 18.9 Å². The number of fused-ring (bicyclic) bond motifs is 2. The Morgan fingerprint density at radius 1 is 0.864 bits per heavy atom. The minimum atomic E-state index is -4.38. The van der Waals surface area contributed by atoms with Crippen molar-refractivity contribution in [1.82, 2.24) is 9.80 Å². The van der Waals surface area contributed by atoms with Crippen LogP contribution in [0, 0.1) is 5.92 Å². The molecule has 2 aliphatic heterocycles. The van der Waals surface area contributed by atoms with Crippen molar-refractivity contribution in [3.63, 3.8) is 0 Å². The van der Waals surface area contributed by atoms with Crippen molar-refractivity contribution in [3.05, 3.63) is 72.3 Å². The van der Waals surface area contributed by atoms with Crippen LogP contribution in [0.2, 0.25) is 0 Å². The number of carbonyl (C=O) groups is 1. The Hall–Kier alpha value is -3.41. The fourth-order valence-electron chi connectivity index (χ4n) is 5.31. The van der Waals surface area contributed by atoms with Gasteiger partial charge in [0.2, 0.25) is 0 Å². The van der Waals surface area contributed by atoms with Gasteiger partial charge in [0.1, 0.15) is 24.7 Å². The fourth-order valence-corrected chi connectivity index (χ4v) is 6.39. The van der Waals surface area contributed by atoms with Gasteiger partial charge in [-0.2, -0.15) is 13.2 Å². The van der Waals surface area contributed by atoms with E-state index < -0.39 is 11.7 Å². The maximum Gasteiger partial charge on any atom is 0.416 e. The first-order valence-electron chi connectivity index (χ1n) is 14.8. The lowest BCUT2D eigenvalue weighted by molar-refractivity contribution is -0.149.